The van der Waals surface area contributed by atoms with Crippen molar-refractivity contribution >= 4 is 28.0 Å². The molecule has 0 radical (unpaired) electrons. The summed E-state index contributed by atoms with van der Waals surface area (Å²) in [5.41, 5.74) is 1.42. The second kappa shape index (κ2) is 10.1. The number of hydrogen-bond acceptors (Lipinski definition) is 7. The molecule has 8 nitrogen and oxygen atoms in total. The number of esters is 1. The van der Waals surface area contributed by atoms with Gasteiger partial charge >= 0.3 is 5.97 Å². The largest absolute Gasteiger partial charge is 0.493 e. The van der Waals surface area contributed by atoms with Crippen molar-refractivity contribution in [2.45, 2.75) is 20.8 Å². The highest BCUT2D eigenvalue weighted by atomic mass is 16.5. The first-order chi connectivity index (χ1) is 16.0. The SMILES string of the molecule is CC.CCOC(=O)c1c(-c2cc(OC)c(OC)c(OC)c2)c2oc3ccccc3c2[nH]c1=O. The summed E-state index contributed by atoms with van der Waals surface area (Å²) in [5, 5.41) is 0.721. The van der Waals surface area contributed by atoms with Crippen LogP contribution in [0.1, 0.15) is 31.1 Å². The molecule has 8 heteroatoms. The Kier molecular flexibility index (Phi) is 7.27. The first kappa shape index (κ1) is 23.7. The highest BCUT2D eigenvalue weighted by Gasteiger charge is 2.27. The molecule has 4 rings (SSSR count). The van der Waals surface area contributed by atoms with Crippen LogP contribution in [0.4, 0.5) is 0 Å². The topological polar surface area (TPSA) is 100.0 Å². The number of aromatic nitrogens is 1. The molecule has 33 heavy (non-hydrogen) atoms. The maximum absolute atomic E-state index is 13.0. The molecular formula is C25H27NO7. The minimum atomic E-state index is -0.755. The fraction of sp³-hybridized carbons (Fsp3) is 0.280. The third kappa shape index (κ3) is 4.11. The molecule has 4 aromatic rings. The predicted molar refractivity (Wildman–Crippen MR) is 127 cm³/mol. The Hall–Kier alpha value is -3.94. The number of carbonyl (C=O) groups is 1. The van der Waals surface area contributed by atoms with Crippen molar-refractivity contribution in [1.29, 1.82) is 0 Å². The molecule has 0 saturated carbocycles. The van der Waals surface area contributed by atoms with Gasteiger partial charge in [0.25, 0.3) is 5.56 Å². The number of H-pyrrole nitrogens is 1. The Morgan fingerprint density at radius 3 is 2.21 bits per heavy atom. The average molecular weight is 453 g/mol. The molecule has 0 aliphatic carbocycles. The first-order valence-electron chi connectivity index (χ1n) is 10.6. The first-order valence-corrected chi connectivity index (χ1v) is 10.6. The maximum atomic E-state index is 13.0. The number of methoxy groups -OCH3 is 3. The molecule has 0 saturated heterocycles. The van der Waals surface area contributed by atoms with Gasteiger partial charge in [-0.05, 0) is 36.8 Å². The summed E-state index contributed by atoms with van der Waals surface area (Å²) in [6.07, 6.45) is 0. The molecule has 2 heterocycles. The predicted octanol–water partition coefficient (Wildman–Crippen LogP) is 5.17. The second-order valence-corrected chi connectivity index (χ2v) is 6.64. The lowest BCUT2D eigenvalue weighted by Crippen LogP contribution is -2.21. The number of carbonyl (C=O) groups excluding carboxylic acids is 1. The molecule has 0 bridgehead atoms. The summed E-state index contributed by atoms with van der Waals surface area (Å²) in [6, 6.07) is 10.6. The van der Waals surface area contributed by atoms with E-state index >= 15 is 0 Å². The molecule has 174 valence electrons. The zero-order valence-corrected chi connectivity index (χ0v) is 19.5. The Bertz CT molecular complexity index is 1330. The van der Waals surface area contributed by atoms with Crippen LogP contribution in [0, 0.1) is 0 Å². The Morgan fingerprint density at radius 2 is 1.64 bits per heavy atom. The number of ether oxygens (including phenoxy) is 4. The van der Waals surface area contributed by atoms with Crippen LogP contribution < -0.4 is 19.8 Å². The summed E-state index contributed by atoms with van der Waals surface area (Å²) < 4.78 is 27.5. The van der Waals surface area contributed by atoms with Gasteiger partial charge in [-0.25, -0.2) is 4.79 Å². The minimum absolute atomic E-state index is 0.116. The number of pyridine rings is 1. The van der Waals surface area contributed by atoms with Crippen LogP contribution in [0.25, 0.3) is 33.2 Å². The number of aromatic amines is 1. The van der Waals surface area contributed by atoms with Gasteiger partial charge in [-0.3, -0.25) is 4.79 Å². The van der Waals surface area contributed by atoms with E-state index in [-0.39, 0.29) is 17.7 Å². The minimum Gasteiger partial charge on any atom is -0.493 e. The molecular weight excluding hydrogens is 426 g/mol. The molecule has 0 fully saturated rings. The van der Waals surface area contributed by atoms with Gasteiger partial charge in [0.05, 0.1) is 33.5 Å². The molecule has 0 amide bonds. The molecule has 2 aromatic carbocycles. The standard InChI is InChI=1S/C23H21NO7.C2H6/c1-5-30-23(26)18-17(12-10-15(27-2)20(29-4)16(11-12)28-3)21-19(24-22(18)25)13-8-6-7-9-14(13)31-21;1-2/h6-11H,5H2,1-4H3,(H,24,25);1-2H3. The molecule has 2 aromatic heterocycles. The van der Waals surface area contributed by atoms with Crippen molar-refractivity contribution in [2.24, 2.45) is 0 Å². The maximum Gasteiger partial charge on any atom is 0.344 e. The lowest BCUT2D eigenvalue weighted by molar-refractivity contribution is 0.0525. The van der Waals surface area contributed by atoms with E-state index in [0.717, 1.165) is 5.39 Å². The van der Waals surface area contributed by atoms with E-state index in [1.165, 1.54) is 21.3 Å². The van der Waals surface area contributed by atoms with E-state index in [4.69, 9.17) is 23.4 Å². The fourth-order valence-electron chi connectivity index (χ4n) is 3.65. The summed E-state index contributed by atoms with van der Waals surface area (Å²) >= 11 is 0. The molecule has 0 unspecified atom stereocenters. The lowest BCUT2D eigenvalue weighted by atomic mass is 9.98. The Morgan fingerprint density at radius 1 is 1.00 bits per heavy atom. The van der Waals surface area contributed by atoms with Crippen LogP contribution in [-0.4, -0.2) is 38.9 Å². The normalized spacial score (nSPS) is 10.5. The smallest absolute Gasteiger partial charge is 0.344 e. The van der Waals surface area contributed by atoms with Crippen LogP contribution in [0.2, 0.25) is 0 Å². The molecule has 0 spiro atoms. The van der Waals surface area contributed by atoms with E-state index in [1.807, 2.05) is 32.0 Å². The van der Waals surface area contributed by atoms with E-state index in [2.05, 4.69) is 4.98 Å². The zero-order valence-electron chi connectivity index (χ0n) is 19.5. The van der Waals surface area contributed by atoms with Gasteiger partial charge < -0.3 is 28.3 Å². The van der Waals surface area contributed by atoms with Crippen LogP contribution in [0.15, 0.2) is 45.6 Å². The van der Waals surface area contributed by atoms with Crippen LogP contribution in [0.3, 0.4) is 0 Å². The van der Waals surface area contributed by atoms with Gasteiger partial charge in [-0.15, -0.1) is 0 Å². The third-order valence-electron chi connectivity index (χ3n) is 4.97. The monoisotopic (exact) mass is 453 g/mol. The van der Waals surface area contributed by atoms with Crippen molar-refractivity contribution in [3.8, 4) is 28.4 Å². The highest BCUT2D eigenvalue weighted by Crippen LogP contribution is 2.44. The Balaban J connectivity index is 0.00000149. The van der Waals surface area contributed by atoms with Gasteiger partial charge in [0.15, 0.2) is 17.1 Å². The van der Waals surface area contributed by atoms with Gasteiger partial charge in [0.1, 0.15) is 11.1 Å². The molecule has 0 atom stereocenters. The number of benzene rings is 2. The summed E-state index contributed by atoms with van der Waals surface area (Å²) in [5.74, 6) is 0.374. The third-order valence-corrected chi connectivity index (χ3v) is 4.97. The quantitative estimate of drug-likeness (QED) is 0.402. The van der Waals surface area contributed by atoms with Crippen molar-refractivity contribution in [3.63, 3.8) is 0 Å². The summed E-state index contributed by atoms with van der Waals surface area (Å²) in [4.78, 5) is 28.6. The van der Waals surface area contributed by atoms with Crippen LogP contribution in [-0.2, 0) is 4.74 Å². The average Bonchev–Trinajstić information content (AvgIpc) is 3.21. The molecule has 0 aliphatic rings. The van der Waals surface area contributed by atoms with Gasteiger partial charge in [0.2, 0.25) is 5.75 Å². The lowest BCUT2D eigenvalue weighted by Gasteiger charge is -2.15. The summed E-state index contributed by atoms with van der Waals surface area (Å²) in [7, 11) is 4.47. The van der Waals surface area contributed by atoms with Crippen molar-refractivity contribution < 1.29 is 28.2 Å². The summed E-state index contributed by atoms with van der Waals surface area (Å²) in [6.45, 7) is 5.79. The van der Waals surface area contributed by atoms with Crippen LogP contribution in [0.5, 0.6) is 17.2 Å². The van der Waals surface area contributed by atoms with Gasteiger partial charge in [-0.2, -0.15) is 0 Å². The number of para-hydroxylation sites is 1. The van der Waals surface area contributed by atoms with Crippen molar-refractivity contribution in [2.75, 3.05) is 27.9 Å². The number of hydrogen-bond donors (Lipinski definition) is 1. The van der Waals surface area contributed by atoms with Gasteiger partial charge in [0, 0.05) is 10.9 Å². The van der Waals surface area contributed by atoms with Crippen molar-refractivity contribution in [1.82, 2.24) is 4.98 Å². The van der Waals surface area contributed by atoms with Crippen molar-refractivity contribution in [3.05, 3.63) is 52.3 Å². The van der Waals surface area contributed by atoms with E-state index < -0.39 is 11.5 Å². The van der Waals surface area contributed by atoms with E-state index in [1.54, 1.807) is 25.1 Å². The number of furan rings is 1. The number of fused-ring (bicyclic) bond motifs is 3. The molecule has 1 N–H and O–H groups in total. The van der Waals surface area contributed by atoms with E-state index in [9.17, 15) is 9.59 Å². The Labute approximate surface area is 191 Å². The number of nitrogens with one attached hydrogen (secondary N) is 1. The highest BCUT2D eigenvalue weighted by molar-refractivity contribution is 6.12. The van der Waals surface area contributed by atoms with E-state index in [0.29, 0.717) is 39.5 Å². The number of rotatable bonds is 6. The zero-order chi connectivity index (χ0) is 24.1. The fourth-order valence-corrected chi connectivity index (χ4v) is 3.65. The van der Waals surface area contributed by atoms with Gasteiger partial charge in [-0.1, -0.05) is 26.0 Å². The second-order valence-electron chi connectivity index (χ2n) is 6.64. The molecule has 0 aliphatic heterocycles. The van der Waals surface area contributed by atoms with Crippen LogP contribution >= 0.6 is 0 Å².